The summed E-state index contributed by atoms with van der Waals surface area (Å²) in [5.41, 5.74) is 0.915. The molecule has 10 nitrogen and oxygen atoms in total. The minimum atomic E-state index is -0.526. The molecule has 3 aromatic heterocycles. The predicted molar refractivity (Wildman–Crippen MR) is 122 cm³/mol. The van der Waals surface area contributed by atoms with Gasteiger partial charge in [-0.05, 0) is 30.2 Å². The zero-order chi connectivity index (χ0) is 22.1. The molecule has 0 aliphatic carbocycles. The van der Waals surface area contributed by atoms with Crippen molar-refractivity contribution in [3.63, 3.8) is 0 Å². The molecule has 0 atom stereocenters. The van der Waals surface area contributed by atoms with E-state index in [9.17, 15) is 9.59 Å². The summed E-state index contributed by atoms with van der Waals surface area (Å²) in [5.74, 6) is 1.18. The molecule has 1 aromatic carbocycles. The van der Waals surface area contributed by atoms with E-state index in [0.717, 1.165) is 29.6 Å². The van der Waals surface area contributed by atoms with E-state index in [2.05, 4.69) is 29.8 Å². The minimum Gasteiger partial charge on any atom is -0.337 e. The van der Waals surface area contributed by atoms with E-state index in [1.165, 1.54) is 6.20 Å². The Bertz CT molecular complexity index is 1360. The third kappa shape index (κ3) is 3.59. The Hall–Kier alpha value is -4.08. The van der Waals surface area contributed by atoms with Crippen LogP contribution in [0.15, 0.2) is 58.5 Å². The lowest BCUT2D eigenvalue weighted by Crippen LogP contribution is -2.47. The molecule has 1 fully saturated rings. The largest absolute Gasteiger partial charge is 0.337 e. The van der Waals surface area contributed by atoms with Crippen molar-refractivity contribution in [2.75, 3.05) is 36.0 Å². The molecule has 10 heteroatoms. The van der Waals surface area contributed by atoms with Gasteiger partial charge in [-0.3, -0.25) is 9.78 Å². The van der Waals surface area contributed by atoms with Crippen LogP contribution in [0.1, 0.15) is 12.5 Å². The summed E-state index contributed by atoms with van der Waals surface area (Å²) in [7, 11) is 0. The summed E-state index contributed by atoms with van der Waals surface area (Å²) in [6.45, 7) is 4.84. The van der Waals surface area contributed by atoms with Gasteiger partial charge in [0.2, 0.25) is 11.9 Å². The van der Waals surface area contributed by atoms with Crippen LogP contribution in [0.2, 0.25) is 0 Å². The normalized spacial score (nSPS) is 14.2. The Morgan fingerprint density at radius 1 is 0.906 bits per heavy atom. The molecule has 0 unspecified atom stereocenters. The van der Waals surface area contributed by atoms with Gasteiger partial charge in [0.1, 0.15) is 5.39 Å². The highest BCUT2D eigenvalue weighted by Gasteiger charge is 2.21. The van der Waals surface area contributed by atoms with Gasteiger partial charge in [-0.1, -0.05) is 19.1 Å². The third-order valence-electron chi connectivity index (χ3n) is 5.64. The summed E-state index contributed by atoms with van der Waals surface area (Å²) in [6.07, 6.45) is 5.82. The predicted octanol–water partition coefficient (Wildman–Crippen LogP) is 1.15. The van der Waals surface area contributed by atoms with Crippen LogP contribution in [0, 0.1) is 0 Å². The minimum absolute atomic E-state index is 0.236. The van der Waals surface area contributed by atoms with Gasteiger partial charge in [-0.15, -0.1) is 0 Å². The highest BCUT2D eigenvalue weighted by atomic mass is 16.2. The van der Waals surface area contributed by atoms with E-state index >= 15 is 0 Å². The number of rotatable bonds is 4. The smallest absolute Gasteiger partial charge is 0.334 e. The Morgan fingerprint density at radius 2 is 1.56 bits per heavy atom. The second-order valence-corrected chi connectivity index (χ2v) is 7.55. The van der Waals surface area contributed by atoms with Crippen molar-refractivity contribution in [2.24, 2.45) is 0 Å². The van der Waals surface area contributed by atoms with Crippen molar-refractivity contribution in [1.29, 1.82) is 0 Å². The molecule has 1 saturated heterocycles. The van der Waals surface area contributed by atoms with Gasteiger partial charge in [-0.25, -0.2) is 24.3 Å². The Kier molecular flexibility index (Phi) is 5.10. The fourth-order valence-corrected chi connectivity index (χ4v) is 3.82. The molecule has 5 rings (SSSR count). The number of nitrogens with one attached hydrogen (secondary N) is 1. The van der Waals surface area contributed by atoms with Gasteiger partial charge in [-0.2, -0.15) is 4.98 Å². The van der Waals surface area contributed by atoms with Crippen LogP contribution in [0.4, 0.5) is 11.9 Å². The molecule has 1 N–H and O–H groups in total. The SMILES string of the molecule is CCc1ccc(-n2c(=O)[nH]c3nc(N4CCN(c5ncccn5)CC4)ncc3c2=O)cc1. The van der Waals surface area contributed by atoms with Gasteiger partial charge in [0, 0.05) is 44.8 Å². The number of aryl methyl sites for hydroxylation is 1. The van der Waals surface area contributed by atoms with Crippen LogP contribution < -0.4 is 21.0 Å². The number of anilines is 2. The molecular weight excluding hydrogens is 408 g/mol. The number of aromatic nitrogens is 6. The van der Waals surface area contributed by atoms with Crippen LogP contribution in [0.3, 0.4) is 0 Å². The van der Waals surface area contributed by atoms with E-state index in [-0.39, 0.29) is 11.0 Å². The quantitative estimate of drug-likeness (QED) is 0.513. The average Bonchev–Trinajstić information content (AvgIpc) is 2.85. The number of H-pyrrole nitrogens is 1. The van der Waals surface area contributed by atoms with Gasteiger partial charge in [0.05, 0.1) is 5.69 Å². The van der Waals surface area contributed by atoms with Crippen molar-refractivity contribution in [2.45, 2.75) is 13.3 Å². The molecule has 4 aromatic rings. The van der Waals surface area contributed by atoms with Gasteiger partial charge < -0.3 is 9.80 Å². The van der Waals surface area contributed by atoms with Crippen LogP contribution >= 0.6 is 0 Å². The van der Waals surface area contributed by atoms with Gasteiger partial charge in [0.25, 0.3) is 5.56 Å². The molecule has 162 valence electrons. The van der Waals surface area contributed by atoms with E-state index in [4.69, 9.17) is 0 Å². The first kappa shape index (κ1) is 19.9. The van der Waals surface area contributed by atoms with Crippen molar-refractivity contribution in [3.8, 4) is 5.69 Å². The number of fused-ring (bicyclic) bond motifs is 1. The number of piperazine rings is 1. The Morgan fingerprint density at radius 3 is 2.22 bits per heavy atom. The Balaban J connectivity index is 1.42. The molecule has 1 aliphatic rings. The van der Waals surface area contributed by atoms with Crippen LogP contribution in [0.5, 0.6) is 0 Å². The fourth-order valence-electron chi connectivity index (χ4n) is 3.82. The lowest BCUT2D eigenvalue weighted by molar-refractivity contribution is 0.628. The molecule has 32 heavy (non-hydrogen) atoms. The summed E-state index contributed by atoms with van der Waals surface area (Å²) in [6, 6.07) is 9.15. The maximum absolute atomic E-state index is 13.0. The lowest BCUT2D eigenvalue weighted by atomic mass is 10.1. The van der Waals surface area contributed by atoms with E-state index in [1.807, 2.05) is 24.0 Å². The number of benzene rings is 1. The highest BCUT2D eigenvalue weighted by Crippen LogP contribution is 2.16. The standard InChI is InChI=1S/C22H22N8O2/c1-2-15-4-6-16(7-5-15)30-19(31)17-14-25-21(26-18(17)27-22(30)32)29-12-10-28(11-13-29)20-23-8-3-9-24-20/h3-9,14H,2,10-13H2,1H3,(H,25,26,27,32). The number of hydrogen-bond acceptors (Lipinski definition) is 8. The monoisotopic (exact) mass is 430 g/mol. The summed E-state index contributed by atoms with van der Waals surface area (Å²) >= 11 is 0. The van der Waals surface area contributed by atoms with Crippen molar-refractivity contribution >= 4 is 22.9 Å². The van der Waals surface area contributed by atoms with Crippen molar-refractivity contribution in [3.05, 3.63) is 75.3 Å². The van der Waals surface area contributed by atoms with Crippen LogP contribution in [-0.2, 0) is 6.42 Å². The summed E-state index contributed by atoms with van der Waals surface area (Å²) < 4.78 is 1.11. The molecule has 0 spiro atoms. The molecule has 0 amide bonds. The second kappa shape index (κ2) is 8.22. The first-order chi connectivity index (χ1) is 15.6. The van der Waals surface area contributed by atoms with Crippen molar-refractivity contribution < 1.29 is 0 Å². The van der Waals surface area contributed by atoms with E-state index < -0.39 is 11.2 Å². The van der Waals surface area contributed by atoms with E-state index in [1.54, 1.807) is 30.6 Å². The first-order valence-electron chi connectivity index (χ1n) is 10.5. The highest BCUT2D eigenvalue weighted by molar-refractivity contribution is 5.73. The second-order valence-electron chi connectivity index (χ2n) is 7.55. The average molecular weight is 430 g/mol. The molecule has 0 bridgehead atoms. The molecule has 4 heterocycles. The summed E-state index contributed by atoms with van der Waals surface area (Å²) in [5, 5.41) is 0.268. The third-order valence-corrected chi connectivity index (χ3v) is 5.64. The number of nitrogens with zero attached hydrogens (tertiary/aromatic N) is 7. The fraction of sp³-hybridized carbons (Fsp3) is 0.273. The maximum Gasteiger partial charge on any atom is 0.334 e. The first-order valence-corrected chi connectivity index (χ1v) is 10.5. The van der Waals surface area contributed by atoms with Crippen LogP contribution in [0.25, 0.3) is 16.7 Å². The van der Waals surface area contributed by atoms with Crippen molar-refractivity contribution in [1.82, 2.24) is 29.5 Å². The van der Waals surface area contributed by atoms with Gasteiger partial charge >= 0.3 is 5.69 Å². The summed E-state index contributed by atoms with van der Waals surface area (Å²) in [4.78, 5) is 50.1. The zero-order valence-corrected chi connectivity index (χ0v) is 17.6. The van der Waals surface area contributed by atoms with E-state index in [0.29, 0.717) is 30.7 Å². The number of hydrogen-bond donors (Lipinski definition) is 1. The topological polar surface area (TPSA) is 113 Å². The molecular formula is C22H22N8O2. The van der Waals surface area contributed by atoms with Crippen LogP contribution in [-0.4, -0.2) is 55.7 Å². The van der Waals surface area contributed by atoms with Gasteiger partial charge in [0.15, 0.2) is 5.65 Å². The molecule has 0 saturated carbocycles. The maximum atomic E-state index is 13.0. The number of aromatic amines is 1. The Labute approximate surface area is 183 Å². The lowest BCUT2D eigenvalue weighted by Gasteiger charge is -2.34. The zero-order valence-electron chi connectivity index (χ0n) is 17.6. The molecule has 0 radical (unpaired) electrons. The molecule has 1 aliphatic heterocycles.